The first kappa shape index (κ1) is 24.4. The molecule has 0 spiro atoms. The smallest absolute Gasteiger partial charge is 0.407 e. The molecule has 7 heteroatoms. The lowest BCUT2D eigenvalue weighted by Gasteiger charge is -2.18. The number of ether oxygens (including phenoxy) is 1. The summed E-state index contributed by atoms with van der Waals surface area (Å²) < 4.78 is 20.3. The molecule has 4 aromatic carbocycles. The normalized spacial score (nSPS) is 13.1. The Hall–Kier alpha value is -4.91. The van der Waals surface area contributed by atoms with Gasteiger partial charge in [0, 0.05) is 28.8 Å². The van der Waals surface area contributed by atoms with Crippen LogP contribution < -0.4 is 5.32 Å². The first-order valence-electron chi connectivity index (χ1n) is 12.7. The molecule has 0 aliphatic heterocycles. The summed E-state index contributed by atoms with van der Waals surface area (Å²) in [6, 6.07) is 28.4. The minimum Gasteiger partial charge on any atom is -0.480 e. The Kier molecular flexibility index (Phi) is 6.32. The number of aromatic amines is 1. The Labute approximate surface area is 224 Å². The standard InChI is InChI=1S/C32H25FN2O4/c33-27-15-7-5-14-24(27)30-25(23-13-6-8-16-28(23)34-30)17-29(31(36)37)35-32(38)39-18-26-21-11-3-1-9-19(21)20-10-2-4-12-22(20)26/h1-16,26,29,34H,17-18H2,(H,35,38)(H,36,37)/t29-/m0/s1. The maximum absolute atomic E-state index is 14.7. The average molecular weight is 521 g/mol. The molecule has 6 nitrogen and oxygen atoms in total. The molecular weight excluding hydrogens is 495 g/mol. The second kappa shape index (κ2) is 10.1. The maximum atomic E-state index is 14.7. The number of para-hydroxylation sites is 1. The Morgan fingerprint density at radius 2 is 1.44 bits per heavy atom. The summed E-state index contributed by atoms with van der Waals surface area (Å²) in [5, 5.41) is 13.3. The van der Waals surface area contributed by atoms with Gasteiger partial charge in [0.2, 0.25) is 0 Å². The summed E-state index contributed by atoms with van der Waals surface area (Å²) in [5.74, 6) is -1.79. The summed E-state index contributed by atoms with van der Waals surface area (Å²) in [6.45, 7) is 0.0692. The van der Waals surface area contributed by atoms with Crippen molar-refractivity contribution in [3.05, 3.63) is 120 Å². The predicted molar refractivity (Wildman–Crippen MR) is 147 cm³/mol. The SMILES string of the molecule is O=C(N[C@@H](Cc1c(-c2ccccc2F)[nH]c2ccccc12)C(=O)O)OCC1c2ccccc2-c2ccccc21. The van der Waals surface area contributed by atoms with Crippen LogP contribution in [0, 0.1) is 5.82 Å². The predicted octanol–water partition coefficient (Wildman–Crippen LogP) is 6.51. The average Bonchev–Trinajstić information content (AvgIpc) is 3.47. The lowest BCUT2D eigenvalue weighted by atomic mass is 9.98. The van der Waals surface area contributed by atoms with Gasteiger partial charge < -0.3 is 20.1 Å². The van der Waals surface area contributed by atoms with Gasteiger partial charge in [-0.25, -0.2) is 14.0 Å². The molecular formula is C32H25FN2O4. The summed E-state index contributed by atoms with van der Waals surface area (Å²) in [4.78, 5) is 28.3. The fourth-order valence-corrected chi connectivity index (χ4v) is 5.49. The van der Waals surface area contributed by atoms with Crippen LogP contribution >= 0.6 is 0 Å². The van der Waals surface area contributed by atoms with Gasteiger partial charge in [0.15, 0.2) is 0 Å². The van der Waals surface area contributed by atoms with Gasteiger partial charge >= 0.3 is 12.1 Å². The largest absolute Gasteiger partial charge is 0.480 e. The molecule has 1 heterocycles. The first-order chi connectivity index (χ1) is 19.0. The molecule has 1 amide bonds. The van der Waals surface area contributed by atoms with Crippen molar-refractivity contribution in [1.82, 2.24) is 10.3 Å². The van der Waals surface area contributed by atoms with E-state index in [-0.39, 0.29) is 18.9 Å². The molecule has 5 aromatic rings. The first-order valence-corrected chi connectivity index (χ1v) is 12.7. The summed E-state index contributed by atoms with van der Waals surface area (Å²) in [6.07, 6.45) is -0.885. The Bertz CT molecular complexity index is 1660. The van der Waals surface area contributed by atoms with Crippen molar-refractivity contribution in [2.75, 3.05) is 6.61 Å². The van der Waals surface area contributed by atoms with Crippen LogP contribution in [-0.2, 0) is 16.0 Å². The fraction of sp³-hybridized carbons (Fsp3) is 0.125. The zero-order valence-electron chi connectivity index (χ0n) is 20.9. The molecule has 0 radical (unpaired) electrons. The number of nitrogens with one attached hydrogen (secondary N) is 2. The van der Waals surface area contributed by atoms with Crippen LogP contribution in [0.15, 0.2) is 97.1 Å². The lowest BCUT2D eigenvalue weighted by Crippen LogP contribution is -2.43. The Morgan fingerprint density at radius 3 is 2.10 bits per heavy atom. The van der Waals surface area contributed by atoms with Crippen LogP contribution in [0.5, 0.6) is 0 Å². The molecule has 0 unspecified atom stereocenters. The van der Waals surface area contributed by atoms with Gasteiger partial charge in [-0.05, 0) is 46.0 Å². The lowest BCUT2D eigenvalue weighted by molar-refractivity contribution is -0.139. The van der Waals surface area contributed by atoms with Gasteiger partial charge in [0.25, 0.3) is 0 Å². The van der Waals surface area contributed by atoms with E-state index in [9.17, 15) is 19.1 Å². The number of hydrogen-bond acceptors (Lipinski definition) is 3. The minimum atomic E-state index is -1.29. The van der Waals surface area contributed by atoms with E-state index in [1.807, 2.05) is 72.8 Å². The Morgan fingerprint density at radius 1 is 0.846 bits per heavy atom. The quantitative estimate of drug-likeness (QED) is 0.228. The van der Waals surface area contributed by atoms with Gasteiger partial charge in [-0.2, -0.15) is 0 Å². The van der Waals surface area contributed by atoms with Crippen LogP contribution in [0.2, 0.25) is 0 Å². The molecule has 6 rings (SSSR count). The summed E-state index contributed by atoms with van der Waals surface area (Å²) in [5.41, 5.74) is 6.49. The number of carbonyl (C=O) groups excluding carboxylic acids is 1. The number of H-pyrrole nitrogens is 1. The molecule has 1 atom stereocenters. The van der Waals surface area contributed by atoms with Crippen molar-refractivity contribution in [2.24, 2.45) is 0 Å². The number of benzene rings is 4. The highest BCUT2D eigenvalue weighted by molar-refractivity contribution is 5.92. The van der Waals surface area contributed by atoms with Crippen LogP contribution in [0.25, 0.3) is 33.3 Å². The molecule has 0 bridgehead atoms. The monoisotopic (exact) mass is 520 g/mol. The molecule has 39 heavy (non-hydrogen) atoms. The second-order valence-electron chi connectivity index (χ2n) is 9.57. The van der Waals surface area contributed by atoms with Crippen molar-refractivity contribution in [1.29, 1.82) is 0 Å². The highest BCUT2D eigenvalue weighted by atomic mass is 19.1. The molecule has 1 aliphatic rings. The second-order valence-corrected chi connectivity index (χ2v) is 9.57. The van der Waals surface area contributed by atoms with Crippen molar-refractivity contribution in [2.45, 2.75) is 18.4 Å². The Balaban J connectivity index is 1.23. The number of halogens is 1. The van der Waals surface area contributed by atoms with Crippen molar-refractivity contribution in [3.63, 3.8) is 0 Å². The molecule has 0 fully saturated rings. The highest BCUT2D eigenvalue weighted by Gasteiger charge is 2.30. The minimum absolute atomic E-state index is 0.0623. The number of fused-ring (bicyclic) bond motifs is 4. The summed E-state index contributed by atoms with van der Waals surface area (Å²) in [7, 11) is 0. The van der Waals surface area contributed by atoms with Crippen LogP contribution in [-0.4, -0.2) is 34.8 Å². The van der Waals surface area contributed by atoms with E-state index in [1.165, 1.54) is 6.07 Å². The fourth-order valence-electron chi connectivity index (χ4n) is 5.49. The van der Waals surface area contributed by atoms with E-state index in [0.29, 0.717) is 16.8 Å². The number of carboxylic acid groups (broad SMARTS) is 1. The number of alkyl carbamates (subject to hydrolysis) is 1. The van der Waals surface area contributed by atoms with Gasteiger partial charge in [0.05, 0.1) is 5.69 Å². The van der Waals surface area contributed by atoms with Gasteiger partial charge in [-0.15, -0.1) is 0 Å². The third kappa shape index (κ3) is 4.52. The van der Waals surface area contributed by atoms with Crippen molar-refractivity contribution >= 4 is 23.0 Å². The number of carbonyl (C=O) groups is 2. The van der Waals surface area contributed by atoms with Crippen molar-refractivity contribution in [3.8, 4) is 22.4 Å². The highest BCUT2D eigenvalue weighted by Crippen LogP contribution is 2.44. The molecule has 194 valence electrons. The van der Waals surface area contributed by atoms with Gasteiger partial charge in [-0.3, -0.25) is 0 Å². The molecule has 3 N–H and O–H groups in total. The number of aliphatic carboxylic acids is 1. The van der Waals surface area contributed by atoms with E-state index in [1.54, 1.807) is 18.2 Å². The van der Waals surface area contributed by atoms with Gasteiger partial charge in [-0.1, -0.05) is 78.9 Å². The molecule has 1 aliphatic carbocycles. The van der Waals surface area contributed by atoms with Crippen LogP contribution in [0.4, 0.5) is 9.18 Å². The molecule has 1 aromatic heterocycles. The number of rotatable bonds is 7. The zero-order chi connectivity index (χ0) is 26.9. The van der Waals surface area contributed by atoms with E-state index in [2.05, 4.69) is 10.3 Å². The van der Waals surface area contributed by atoms with E-state index in [4.69, 9.17) is 4.74 Å². The third-order valence-corrected chi connectivity index (χ3v) is 7.30. The molecule has 0 saturated carbocycles. The number of carboxylic acids is 1. The van der Waals surface area contributed by atoms with Gasteiger partial charge in [0.1, 0.15) is 18.5 Å². The zero-order valence-corrected chi connectivity index (χ0v) is 20.9. The van der Waals surface area contributed by atoms with Crippen LogP contribution in [0.1, 0.15) is 22.6 Å². The number of hydrogen-bond donors (Lipinski definition) is 3. The van der Waals surface area contributed by atoms with E-state index >= 15 is 0 Å². The van der Waals surface area contributed by atoms with E-state index < -0.39 is 23.9 Å². The summed E-state index contributed by atoms with van der Waals surface area (Å²) >= 11 is 0. The topological polar surface area (TPSA) is 91.4 Å². The van der Waals surface area contributed by atoms with E-state index in [0.717, 1.165) is 33.2 Å². The van der Waals surface area contributed by atoms with Crippen LogP contribution in [0.3, 0.4) is 0 Å². The van der Waals surface area contributed by atoms with Crippen molar-refractivity contribution < 1.29 is 23.8 Å². The maximum Gasteiger partial charge on any atom is 0.407 e. The number of aromatic nitrogens is 1. The third-order valence-electron chi connectivity index (χ3n) is 7.30. The molecule has 0 saturated heterocycles. The number of amides is 1.